The molecule has 0 unspecified atom stereocenters. The van der Waals surface area contributed by atoms with Crippen molar-refractivity contribution in [2.75, 3.05) is 6.61 Å². The van der Waals surface area contributed by atoms with Gasteiger partial charge in [0.25, 0.3) is 5.24 Å². The highest BCUT2D eigenvalue weighted by atomic mass is 35.5. The summed E-state index contributed by atoms with van der Waals surface area (Å²) in [6.07, 6.45) is -6.90. The molecule has 0 spiro atoms. The topological polar surface area (TPSA) is 149 Å². The van der Waals surface area contributed by atoms with Gasteiger partial charge < -0.3 is 23.7 Å². The average molecular weight is 425 g/mol. The van der Waals surface area contributed by atoms with E-state index < -0.39 is 66.1 Å². The van der Waals surface area contributed by atoms with E-state index in [-0.39, 0.29) is 0 Å². The Morgan fingerprint density at radius 2 is 1.07 bits per heavy atom. The average Bonchev–Trinajstić information content (AvgIpc) is 2.51. The van der Waals surface area contributed by atoms with Gasteiger partial charge in [-0.1, -0.05) is 0 Å². The SMILES string of the molecule is CC(=O)OC[C@H](OC(C)=O)[C@H](OC(C)=O)[C@@H](OC(C)=O)[C@H](OC(C)=O)C(=O)Cl. The van der Waals surface area contributed by atoms with Crippen LogP contribution in [0.2, 0.25) is 0 Å². The molecule has 0 N–H and O–H groups in total. The molecule has 0 aliphatic heterocycles. The molecular formula is C16H21ClO11. The molecule has 11 nitrogen and oxygen atoms in total. The summed E-state index contributed by atoms with van der Waals surface area (Å²) in [7, 11) is 0. The summed E-state index contributed by atoms with van der Waals surface area (Å²) < 4.78 is 24.5. The predicted molar refractivity (Wildman–Crippen MR) is 89.7 cm³/mol. The summed E-state index contributed by atoms with van der Waals surface area (Å²) in [4.78, 5) is 68.7. The van der Waals surface area contributed by atoms with Crippen LogP contribution in [0.15, 0.2) is 0 Å². The van der Waals surface area contributed by atoms with Gasteiger partial charge in [0.1, 0.15) is 6.61 Å². The van der Waals surface area contributed by atoms with E-state index in [4.69, 9.17) is 35.3 Å². The summed E-state index contributed by atoms with van der Waals surface area (Å²) >= 11 is 5.44. The van der Waals surface area contributed by atoms with Gasteiger partial charge in [-0.15, -0.1) is 0 Å². The fourth-order valence-corrected chi connectivity index (χ4v) is 2.24. The van der Waals surface area contributed by atoms with Crippen molar-refractivity contribution in [3.05, 3.63) is 0 Å². The van der Waals surface area contributed by atoms with Gasteiger partial charge in [0.15, 0.2) is 18.3 Å². The fraction of sp³-hybridized carbons (Fsp3) is 0.625. The molecule has 12 heteroatoms. The van der Waals surface area contributed by atoms with Crippen LogP contribution in [0.4, 0.5) is 0 Å². The molecule has 0 aromatic heterocycles. The smallest absolute Gasteiger partial charge is 0.303 e. The predicted octanol–water partition coefficient (Wildman–Crippen LogP) is 0.0417. The lowest BCUT2D eigenvalue weighted by Gasteiger charge is -2.34. The molecule has 0 aliphatic rings. The zero-order valence-electron chi connectivity index (χ0n) is 15.9. The molecule has 0 fully saturated rings. The van der Waals surface area contributed by atoms with E-state index in [2.05, 4.69) is 0 Å². The summed E-state index contributed by atoms with van der Waals surface area (Å²) in [6, 6.07) is 0. The third kappa shape index (κ3) is 9.86. The molecule has 0 heterocycles. The third-order valence-corrected chi connectivity index (χ3v) is 3.09. The van der Waals surface area contributed by atoms with E-state index >= 15 is 0 Å². The fourth-order valence-electron chi connectivity index (χ4n) is 2.07. The van der Waals surface area contributed by atoms with Crippen molar-refractivity contribution >= 4 is 46.7 Å². The van der Waals surface area contributed by atoms with Gasteiger partial charge in [0.2, 0.25) is 6.10 Å². The molecule has 0 bridgehead atoms. The lowest BCUT2D eigenvalue weighted by molar-refractivity contribution is -0.201. The molecule has 0 aromatic carbocycles. The van der Waals surface area contributed by atoms with Gasteiger partial charge in [0, 0.05) is 34.6 Å². The first-order valence-corrected chi connectivity index (χ1v) is 8.24. The Kier molecular flexibility index (Phi) is 10.8. The molecule has 0 radical (unpaired) electrons. The molecule has 28 heavy (non-hydrogen) atoms. The normalized spacial score (nSPS) is 14.5. The largest absolute Gasteiger partial charge is 0.462 e. The van der Waals surface area contributed by atoms with Crippen LogP contribution in [-0.4, -0.2) is 66.1 Å². The van der Waals surface area contributed by atoms with Crippen LogP contribution in [0.5, 0.6) is 0 Å². The Labute approximate surface area is 165 Å². The van der Waals surface area contributed by atoms with Gasteiger partial charge in [-0.25, -0.2) is 0 Å². The first-order valence-electron chi connectivity index (χ1n) is 7.86. The van der Waals surface area contributed by atoms with Gasteiger partial charge in [-0.3, -0.25) is 28.8 Å². The first-order chi connectivity index (χ1) is 12.8. The van der Waals surface area contributed by atoms with Crippen LogP contribution < -0.4 is 0 Å². The van der Waals surface area contributed by atoms with Crippen molar-refractivity contribution in [2.24, 2.45) is 0 Å². The maximum atomic E-state index is 11.8. The number of halogens is 1. The number of carbonyl (C=O) groups is 6. The molecule has 0 amide bonds. The Morgan fingerprint density at radius 3 is 1.43 bits per heavy atom. The van der Waals surface area contributed by atoms with Crippen LogP contribution in [0.1, 0.15) is 34.6 Å². The van der Waals surface area contributed by atoms with E-state index in [1.165, 1.54) is 0 Å². The van der Waals surface area contributed by atoms with Crippen LogP contribution in [0, 0.1) is 0 Å². The highest BCUT2D eigenvalue weighted by Crippen LogP contribution is 2.21. The van der Waals surface area contributed by atoms with Crippen molar-refractivity contribution in [1.82, 2.24) is 0 Å². The standard InChI is InChI=1S/C16H21ClO11/c1-7(18)24-6-12(25-8(2)19)13(26-9(3)20)14(27-10(4)21)15(16(17)23)28-11(5)22/h12-15H,6H2,1-5H3/t12-,13-,14+,15-/m0/s1. The van der Waals surface area contributed by atoms with Crippen LogP contribution in [0.3, 0.4) is 0 Å². The number of carbonyl (C=O) groups excluding carboxylic acids is 6. The second-order valence-electron chi connectivity index (χ2n) is 5.43. The lowest BCUT2D eigenvalue weighted by Crippen LogP contribution is -2.54. The van der Waals surface area contributed by atoms with E-state index in [0.717, 1.165) is 34.6 Å². The molecule has 4 atom stereocenters. The van der Waals surface area contributed by atoms with E-state index in [1.54, 1.807) is 0 Å². The molecule has 158 valence electrons. The van der Waals surface area contributed by atoms with E-state index in [0.29, 0.717) is 0 Å². The minimum atomic E-state index is -1.90. The Morgan fingerprint density at radius 1 is 0.643 bits per heavy atom. The van der Waals surface area contributed by atoms with Crippen LogP contribution >= 0.6 is 11.6 Å². The van der Waals surface area contributed by atoms with Gasteiger partial charge in [-0.05, 0) is 11.6 Å². The molecule has 0 saturated carbocycles. The Bertz CT molecular complexity index is 630. The van der Waals surface area contributed by atoms with Crippen molar-refractivity contribution in [2.45, 2.75) is 59.0 Å². The van der Waals surface area contributed by atoms with E-state index in [1.807, 2.05) is 0 Å². The third-order valence-electron chi connectivity index (χ3n) is 2.88. The molecular weight excluding hydrogens is 404 g/mol. The maximum absolute atomic E-state index is 11.8. The van der Waals surface area contributed by atoms with Crippen molar-refractivity contribution < 1.29 is 52.5 Å². The summed E-state index contributed by atoms with van der Waals surface area (Å²) in [6.45, 7) is 4.38. The van der Waals surface area contributed by atoms with Crippen LogP contribution in [-0.2, 0) is 52.5 Å². The van der Waals surface area contributed by atoms with Crippen molar-refractivity contribution in [1.29, 1.82) is 0 Å². The second kappa shape index (κ2) is 11.9. The van der Waals surface area contributed by atoms with Crippen molar-refractivity contribution in [3.63, 3.8) is 0 Å². The molecule has 0 saturated heterocycles. The zero-order chi connectivity index (χ0) is 22.0. The van der Waals surface area contributed by atoms with Gasteiger partial charge in [0.05, 0.1) is 0 Å². The Hall–Kier alpha value is -2.69. The van der Waals surface area contributed by atoms with Crippen molar-refractivity contribution in [3.8, 4) is 0 Å². The number of hydrogen-bond acceptors (Lipinski definition) is 11. The minimum absolute atomic E-state index is 0.617. The molecule has 0 aliphatic carbocycles. The molecule has 0 aromatic rings. The van der Waals surface area contributed by atoms with Crippen LogP contribution in [0.25, 0.3) is 0 Å². The minimum Gasteiger partial charge on any atom is -0.462 e. The van der Waals surface area contributed by atoms with E-state index in [9.17, 15) is 28.8 Å². The maximum Gasteiger partial charge on any atom is 0.303 e. The van der Waals surface area contributed by atoms with Gasteiger partial charge in [-0.2, -0.15) is 0 Å². The summed E-state index contributed by atoms with van der Waals surface area (Å²) in [5.74, 6) is -4.46. The van der Waals surface area contributed by atoms with Gasteiger partial charge >= 0.3 is 29.8 Å². The second-order valence-corrected chi connectivity index (χ2v) is 5.81. The lowest BCUT2D eigenvalue weighted by atomic mass is 10.0. The first kappa shape index (κ1) is 25.3. The summed E-state index contributed by atoms with van der Waals surface area (Å²) in [5.41, 5.74) is 0. The number of esters is 5. The highest BCUT2D eigenvalue weighted by Gasteiger charge is 2.46. The highest BCUT2D eigenvalue weighted by molar-refractivity contribution is 6.64. The zero-order valence-corrected chi connectivity index (χ0v) is 16.6. The quantitative estimate of drug-likeness (QED) is 0.266. The number of rotatable bonds is 10. The summed E-state index contributed by atoms with van der Waals surface area (Å²) in [5, 5.41) is -1.26. The number of hydrogen-bond donors (Lipinski definition) is 0. The monoisotopic (exact) mass is 424 g/mol. The Balaban J connectivity index is 6.18. The number of ether oxygens (including phenoxy) is 5. The molecule has 0 rings (SSSR count).